The lowest BCUT2D eigenvalue weighted by atomic mass is 10.1. The fraction of sp³-hybridized carbons (Fsp3) is 0.333. The minimum atomic E-state index is -4.90. The smallest absolute Gasteiger partial charge is 0.435 e. The maximum absolute atomic E-state index is 13.2. The maximum Gasteiger partial charge on any atom is 0.435 e. The largest absolute Gasteiger partial charge is 0.462 e. The molecule has 0 aliphatic carbocycles. The summed E-state index contributed by atoms with van der Waals surface area (Å²) in [5.74, 6) is -1.17. The maximum atomic E-state index is 13.2. The van der Waals surface area contributed by atoms with Crippen molar-refractivity contribution in [3.8, 4) is 5.69 Å². The molecular weight excluding hydrogens is 354 g/mol. The number of carbonyl (C=O) groups excluding carboxylic acids is 1. The number of ether oxygens (including phenoxy) is 1. The molecule has 0 aliphatic rings. The lowest BCUT2D eigenvalue weighted by molar-refractivity contribution is -0.142. The minimum Gasteiger partial charge on any atom is -0.462 e. The van der Waals surface area contributed by atoms with E-state index in [-0.39, 0.29) is 17.9 Å². The molecule has 0 N–H and O–H groups in total. The summed E-state index contributed by atoms with van der Waals surface area (Å²) in [7, 11) is 0. The number of carbonyl (C=O) groups is 1. The Morgan fingerprint density at radius 1 is 1.16 bits per heavy atom. The minimum absolute atomic E-state index is 0.120. The van der Waals surface area contributed by atoms with Gasteiger partial charge in [0.05, 0.1) is 23.4 Å². The average Bonchev–Trinajstić information content (AvgIpc) is 2.88. The number of aryl methyl sites for hydroxylation is 1. The second kappa shape index (κ2) is 6.41. The third kappa shape index (κ3) is 3.94. The summed E-state index contributed by atoms with van der Waals surface area (Å²) in [6.07, 6.45) is -8.66. The van der Waals surface area contributed by atoms with Crippen molar-refractivity contribution in [2.45, 2.75) is 26.2 Å². The summed E-state index contributed by atoms with van der Waals surface area (Å²) in [5.41, 5.74) is -3.74. The second-order valence-electron chi connectivity index (χ2n) is 5.05. The van der Waals surface area contributed by atoms with E-state index >= 15 is 0 Å². The van der Waals surface area contributed by atoms with Gasteiger partial charge < -0.3 is 4.74 Å². The van der Waals surface area contributed by atoms with Crippen LogP contribution in [0.2, 0.25) is 0 Å². The van der Waals surface area contributed by atoms with Gasteiger partial charge in [0.2, 0.25) is 0 Å². The van der Waals surface area contributed by atoms with Crippen LogP contribution in [0.3, 0.4) is 0 Å². The molecule has 10 heteroatoms. The average molecular weight is 366 g/mol. The Morgan fingerprint density at radius 3 is 2.28 bits per heavy atom. The molecule has 2 aromatic rings. The lowest BCUT2D eigenvalue weighted by Crippen LogP contribution is -2.16. The fourth-order valence-corrected chi connectivity index (χ4v) is 2.17. The number of rotatable bonds is 3. The molecule has 2 rings (SSSR count). The van der Waals surface area contributed by atoms with E-state index in [4.69, 9.17) is 0 Å². The number of benzene rings is 1. The van der Waals surface area contributed by atoms with E-state index in [0.717, 1.165) is 25.3 Å². The molecule has 1 aromatic heterocycles. The van der Waals surface area contributed by atoms with E-state index in [0.29, 0.717) is 10.7 Å². The highest BCUT2D eigenvalue weighted by atomic mass is 19.4. The fourth-order valence-electron chi connectivity index (χ4n) is 2.17. The van der Waals surface area contributed by atoms with Crippen LogP contribution in [0.25, 0.3) is 5.69 Å². The first kappa shape index (κ1) is 18.8. The zero-order valence-electron chi connectivity index (χ0n) is 13.0. The number of alkyl halides is 6. The van der Waals surface area contributed by atoms with Gasteiger partial charge in [0.25, 0.3) is 0 Å². The number of halogens is 6. The van der Waals surface area contributed by atoms with E-state index in [2.05, 4.69) is 9.84 Å². The molecule has 0 saturated heterocycles. The molecule has 136 valence electrons. The van der Waals surface area contributed by atoms with Crippen LogP contribution >= 0.6 is 0 Å². The van der Waals surface area contributed by atoms with Gasteiger partial charge in [0, 0.05) is 6.20 Å². The van der Waals surface area contributed by atoms with Crippen molar-refractivity contribution in [3.05, 3.63) is 46.8 Å². The summed E-state index contributed by atoms with van der Waals surface area (Å²) in [6, 6.07) is 2.47. The molecule has 0 fully saturated rings. The molecule has 0 radical (unpaired) electrons. The third-order valence-electron chi connectivity index (χ3n) is 3.23. The molecule has 0 amide bonds. The molecule has 25 heavy (non-hydrogen) atoms. The van der Waals surface area contributed by atoms with Crippen molar-refractivity contribution in [2.75, 3.05) is 6.61 Å². The monoisotopic (exact) mass is 366 g/mol. The topological polar surface area (TPSA) is 44.1 Å². The lowest BCUT2D eigenvalue weighted by Gasteiger charge is -2.14. The number of hydrogen-bond donors (Lipinski definition) is 0. The van der Waals surface area contributed by atoms with Gasteiger partial charge in [-0.15, -0.1) is 0 Å². The Kier molecular flexibility index (Phi) is 4.83. The first-order valence-corrected chi connectivity index (χ1v) is 6.97. The van der Waals surface area contributed by atoms with E-state index in [1.165, 1.54) is 6.92 Å². The highest BCUT2D eigenvalue weighted by Gasteiger charge is 2.38. The van der Waals surface area contributed by atoms with Gasteiger partial charge >= 0.3 is 18.3 Å². The summed E-state index contributed by atoms with van der Waals surface area (Å²) in [6.45, 7) is 2.46. The molecule has 0 atom stereocenters. The quantitative estimate of drug-likeness (QED) is 0.598. The first-order chi connectivity index (χ1) is 11.4. The van der Waals surface area contributed by atoms with Crippen molar-refractivity contribution >= 4 is 5.97 Å². The van der Waals surface area contributed by atoms with E-state index in [1.807, 2.05) is 0 Å². The highest BCUT2D eigenvalue weighted by Crippen LogP contribution is 2.35. The predicted molar refractivity (Wildman–Crippen MR) is 74.3 cm³/mol. The van der Waals surface area contributed by atoms with Crippen molar-refractivity contribution in [1.82, 2.24) is 9.78 Å². The van der Waals surface area contributed by atoms with E-state index < -0.39 is 35.1 Å². The number of esters is 1. The van der Waals surface area contributed by atoms with Crippen LogP contribution < -0.4 is 0 Å². The predicted octanol–water partition coefficient (Wildman–Crippen LogP) is 4.40. The molecule has 4 nitrogen and oxygen atoms in total. The standard InChI is InChI=1S/C15H12F6N2O2/c1-3-25-13(24)10-5-4-9(6-11(10)14(16,17)18)23-7-8(2)12(22-23)15(19,20)21/h4-7H,3H2,1-2H3. The molecule has 0 aliphatic heterocycles. The molecule has 0 spiro atoms. The number of hydrogen-bond acceptors (Lipinski definition) is 3. The Bertz CT molecular complexity index is 792. The second-order valence-corrected chi connectivity index (χ2v) is 5.05. The molecule has 0 unspecified atom stereocenters. The number of aromatic nitrogens is 2. The van der Waals surface area contributed by atoms with Crippen LogP contribution in [0, 0.1) is 6.92 Å². The zero-order valence-corrected chi connectivity index (χ0v) is 13.0. The van der Waals surface area contributed by atoms with Crippen molar-refractivity contribution in [3.63, 3.8) is 0 Å². The summed E-state index contributed by atoms with van der Waals surface area (Å²) in [4.78, 5) is 11.7. The molecule has 0 saturated carbocycles. The van der Waals surface area contributed by atoms with Gasteiger partial charge in [-0.1, -0.05) is 0 Å². The molecular formula is C15H12F6N2O2. The highest BCUT2D eigenvalue weighted by molar-refractivity contribution is 5.91. The Labute approximate surface area is 138 Å². The van der Waals surface area contributed by atoms with Crippen molar-refractivity contribution in [1.29, 1.82) is 0 Å². The van der Waals surface area contributed by atoms with Crippen LogP contribution in [0.15, 0.2) is 24.4 Å². The van der Waals surface area contributed by atoms with Gasteiger partial charge in [-0.3, -0.25) is 0 Å². The van der Waals surface area contributed by atoms with Gasteiger partial charge in [-0.2, -0.15) is 31.4 Å². The third-order valence-corrected chi connectivity index (χ3v) is 3.23. The van der Waals surface area contributed by atoms with Gasteiger partial charge in [-0.05, 0) is 37.6 Å². The van der Waals surface area contributed by atoms with Crippen molar-refractivity contribution < 1.29 is 35.9 Å². The van der Waals surface area contributed by atoms with Gasteiger partial charge in [-0.25, -0.2) is 9.48 Å². The Morgan fingerprint density at radius 2 is 1.80 bits per heavy atom. The molecule has 1 aromatic carbocycles. The van der Waals surface area contributed by atoms with Crippen LogP contribution in [0.1, 0.15) is 34.1 Å². The van der Waals surface area contributed by atoms with Crippen molar-refractivity contribution in [2.24, 2.45) is 0 Å². The Hall–Kier alpha value is -2.52. The van der Waals surface area contributed by atoms with Gasteiger partial charge in [0.15, 0.2) is 5.69 Å². The Balaban J connectivity index is 2.56. The van der Waals surface area contributed by atoms with Gasteiger partial charge in [0.1, 0.15) is 0 Å². The number of nitrogens with zero attached hydrogens (tertiary/aromatic N) is 2. The summed E-state index contributed by atoms with van der Waals surface area (Å²) in [5, 5.41) is 3.29. The van der Waals surface area contributed by atoms with Crippen LogP contribution in [-0.4, -0.2) is 22.4 Å². The molecule has 1 heterocycles. The summed E-state index contributed by atoms with van der Waals surface area (Å²) < 4.78 is 83.2. The SMILES string of the molecule is CCOC(=O)c1ccc(-n2cc(C)c(C(F)(F)F)n2)cc1C(F)(F)F. The van der Waals surface area contributed by atoms with Crippen LogP contribution in [0.4, 0.5) is 26.3 Å². The van der Waals surface area contributed by atoms with E-state index in [9.17, 15) is 31.1 Å². The summed E-state index contributed by atoms with van der Waals surface area (Å²) >= 11 is 0. The first-order valence-electron chi connectivity index (χ1n) is 6.97. The normalized spacial score (nSPS) is 12.3. The van der Waals surface area contributed by atoms with Crippen LogP contribution in [-0.2, 0) is 17.1 Å². The van der Waals surface area contributed by atoms with E-state index in [1.54, 1.807) is 0 Å². The zero-order chi connectivity index (χ0) is 19.0. The van der Waals surface area contributed by atoms with Crippen LogP contribution in [0.5, 0.6) is 0 Å². The molecule has 0 bridgehead atoms.